The monoisotopic (exact) mass is 685 g/mol. The van der Waals surface area contributed by atoms with Crippen LogP contribution in [0.25, 0.3) is 0 Å². The zero-order valence-corrected chi connectivity index (χ0v) is 27.6. The minimum absolute atomic E-state index is 0.00173. The van der Waals surface area contributed by atoms with Crippen LogP contribution in [0.1, 0.15) is 30.9 Å². The summed E-state index contributed by atoms with van der Waals surface area (Å²) in [6.45, 7) is 3.77. The lowest BCUT2D eigenvalue weighted by Crippen LogP contribution is -2.67. The second-order valence-electron chi connectivity index (χ2n) is 12.2. The molecule has 0 aliphatic carbocycles. The van der Waals surface area contributed by atoms with E-state index >= 15 is 13.6 Å². The van der Waals surface area contributed by atoms with Gasteiger partial charge in [-0.2, -0.15) is 0 Å². The molecule has 2 atom stereocenters. The number of sulfonamides is 1. The molecule has 0 spiro atoms. The third kappa shape index (κ3) is 5.43. The van der Waals surface area contributed by atoms with Crippen LogP contribution in [-0.4, -0.2) is 111 Å². The van der Waals surface area contributed by atoms with E-state index in [0.717, 1.165) is 36.9 Å². The van der Waals surface area contributed by atoms with Gasteiger partial charge in [-0.25, -0.2) is 31.3 Å². The van der Waals surface area contributed by atoms with Crippen LogP contribution in [0.15, 0.2) is 59.6 Å². The molecule has 6 rings (SSSR count). The van der Waals surface area contributed by atoms with Gasteiger partial charge in [0, 0.05) is 49.1 Å². The molecule has 12 nitrogen and oxygen atoms in total. The number of benzene rings is 2. The molecule has 3 aliphatic rings. The number of ether oxygens (including phenoxy) is 2. The quantitative estimate of drug-likeness (QED) is 0.376. The van der Waals surface area contributed by atoms with Crippen LogP contribution in [0.5, 0.6) is 11.6 Å². The number of hydrogen-bond acceptors (Lipinski definition) is 9. The van der Waals surface area contributed by atoms with E-state index in [1.54, 1.807) is 6.92 Å². The van der Waals surface area contributed by atoms with Gasteiger partial charge in [0.15, 0.2) is 11.6 Å². The first-order valence-corrected chi connectivity index (χ1v) is 17.1. The summed E-state index contributed by atoms with van der Waals surface area (Å²) >= 11 is 0. The van der Waals surface area contributed by atoms with Crippen molar-refractivity contribution in [3.05, 3.63) is 77.5 Å². The number of hydrogen-bond donors (Lipinski definition) is 1. The van der Waals surface area contributed by atoms with Crippen molar-refractivity contribution < 1.29 is 41.4 Å². The Labute approximate surface area is 277 Å². The highest BCUT2D eigenvalue weighted by atomic mass is 32.2. The van der Waals surface area contributed by atoms with Crippen LogP contribution in [0, 0.1) is 11.6 Å². The average Bonchev–Trinajstić information content (AvgIpc) is 3.33. The molecule has 2 saturated heterocycles. The molecule has 0 saturated carbocycles. The predicted octanol–water partition coefficient (Wildman–Crippen LogP) is 3.55. The molecule has 2 fully saturated rings. The minimum Gasteiger partial charge on any atom is -0.497 e. The number of methoxy groups -OCH3 is 1. The maximum atomic E-state index is 15.4. The first kappa shape index (κ1) is 33.6. The van der Waals surface area contributed by atoms with E-state index in [9.17, 15) is 18.3 Å². The Kier molecular flexibility index (Phi) is 9.04. The molecule has 1 aromatic heterocycles. The van der Waals surface area contributed by atoms with Gasteiger partial charge < -0.3 is 24.4 Å². The topological polar surface area (TPSA) is 133 Å². The second-order valence-corrected chi connectivity index (χ2v) is 13.9. The number of rotatable bonds is 8. The Balaban J connectivity index is 1.63. The van der Waals surface area contributed by atoms with Crippen molar-refractivity contribution in [1.82, 2.24) is 19.7 Å². The molecular formula is C33H37F2N5O7S. The zero-order valence-electron chi connectivity index (χ0n) is 26.8. The van der Waals surface area contributed by atoms with Crippen LogP contribution < -0.4 is 13.8 Å². The molecule has 256 valence electrons. The molecule has 4 heterocycles. The van der Waals surface area contributed by atoms with Crippen molar-refractivity contribution in [2.75, 3.05) is 57.8 Å². The Bertz CT molecular complexity index is 1820. The number of pyridine rings is 1. The number of fused-ring (bicyclic) bond motifs is 1. The Morgan fingerprint density at radius 1 is 1.04 bits per heavy atom. The van der Waals surface area contributed by atoms with E-state index in [1.165, 1.54) is 49.7 Å². The molecular weight excluding hydrogens is 648 g/mol. The molecule has 15 heteroatoms. The fourth-order valence-electron chi connectivity index (χ4n) is 7.30. The van der Waals surface area contributed by atoms with Gasteiger partial charge in [-0.05, 0) is 76.3 Å². The van der Waals surface area contributed by atoms with Gasteiger partial charge in [0.1, 0.15) is 11.2 Å². The van der Waals surface area contributed by atoms with E-state index in [4.69, 9.17) is 9.47 Å². The van der Waals surface area contributed by atoms with E-state index < -0.39 is 50.8 Å². The summed E-state index contributed by atoms with van der Waals surface area (Å²) in [5, 5.41) is 10.6. The lowest BCUT2D eigenvalue weighted by molar-refractivity contribution is -0.124. The van der Waals surface area contributed by atoms with E-state index in [-0.39, 0.29) is 47.6 Å². The number of nitrogens with zero attached hydrogens (tertiary/aromatic N) is 5. The lowest BCUT2D eigenvalue weighted by atomic mass is 9.68. The number of carbonyl (C=O) groups is 2. The number of halogens is 2. The first-order valence-electron chi connectivity index (χ1n) is 15.7. The van der Waals surface area contributed by atoms with Crippen molar-refractivity contribution in [1.29, 1.82) is 0 Å². The predicted molar refractivity (Wildman–Crippen MR) is 171 cm³/mol. The zero-order chi connectivity index (χ0) is 34.4. The molecule has 48 heavy (non-hydrogen) atoms. The van der Waals surface area contributed by atoms with Crippen LogP contribution >= 0.6 is 0 Å². The number of piperidine rings is 1. The van der Waals surface area contributed by atoms with E-state index in [1.807, 2.05) is 7.05 Å². The van der Waals surface area contributed by atoms with Crippen LogP contribution in [-0.2, 0) is 20.2 Å². The molecule has 2 amide bonds. The summed E-state index contributed by atoms with van der Waals surface area (Å²) in [7, 11) is -1.35. The number of carbonyl (C=O) groups excluding carboxylic acids is 1. The summed E-state index contributed by atoms with van der Waals surface area (Å²) < 4.78 is 70.9. The number of aromatic nitrogens is 1. The van der Waals surface area contributed by atoms with Crippen molar-refractivity contribution in [2.45, 2.75) is 42.2 Å². The van der Waals surface area contributed by atoms with Crippen molar-refractivity contribution in [3.63, 3.8) is 0 Å². The van der Waals surface area contributed by atoms with E-state index in [0.29, 0.717) is 22.7 Å². The summed E-state index contributed by atoms with van der Waals surface area (Å²) in [6, 6.07) is 8.51. The Morgan fingerprint density at radius 2 is 1.73 bits per heavy atom. The highest BCUT2D eigenvalue weighted by Gasteiger charge is 2.64. The molecule has 2 unspecified atom stereocenters. The number of carboxylic acid groups (broad SMARTS) is 1. The third-order valence-corrected chi connectivity index (χ3v) is 11.4. The summed E-state index contributed by atoms with van der Waals surface area (Å²) in [5.41, 5.74) is -2.82. The van der Waals surface area contributed by atoms with Gasteiger partial charge in [-0.3, -0.25) is 9.69 Å². The molecule has 1 N–H and O–H groups in total. The van der Waals surface area contributed by atoms with Crippen LogP contribution in [0.3, 0.4) is 0 Å². The molecule has 3 aromatic rings. The number of amides is 2. The largest absolute Gasteiger partial charge is 0.497 e. The maximum absolute atomic E-state index is 15.4. The Morgan fingerprint density at radius 3 is 2.38 bits per heavy atom. The van der Waals surface area contributed by atoms with Crippen LogP contribution in [0.2, 0.25) is 0 Å². The maximum Gasteiger partial charge on any atom is 0.407 e. The second kappa shape index (κ2) is 12.9. The van der Waals surface area contributed by atoms with E-state index in [2.05, 4.69) is 14.8 Å². The highest BCUT2D eigenvalue weighted by Crippen LogP contribution is 2.54. The van der Waals surface area contributed by atoms with Gasteiger partial charge in [-0.1, -0.05) is 6.07 Å². The van der Waals surface area contributed by atoms with Gasteiger partial charge >= 0.3 is 6.09 Å². The molecule has 3 aliphatic heterocycles. The molecule has 0 radical (unpaired) electrons. The SMILES string of the molecule is CCOc1ncccc1C1(C2CN(C3CCN(C)CC3)CCN2C(=O)O)C(=O)N(S(=O)(=O)c2ccc(OC)cc2)c2cc(F)c(F)cc21. The standard InChI is InChI=1S/C33H37F2N5O7S/c1-4-47-30-24(6-5-13-36-30)33(29-20-38(16-17-39(29)32(42)43)21-11-14-37(2)15-12-21)25-18-26(34)27(35)19-28(25)40(31(33)41)48(44,45)23-9-7-22(46-3)8-10-23/h5-10,13,18-19,21,29H,4,11-12,14-17,20H2,1-3H3,(H,42,43). The molecule has 2 aromatic carbocycles. The van der Waals surface area contributed by atoms with Crippen molar-refractivity contribution in [3.8, 4) is 11.6 Å². The molecule has 0 bridgehead atoms. The summed E-state index contributed by atoms with van der Waals surface area (Å²) in [6.07, 6.45) is 1.66. The van der Waals surface area contributed by atoms with Gasteiger partial charge in [-0.15, -0.1) is 0 Å². The highest BCUT2D eigenvalue weighted by molar-refractivity contribution is 7.93. The number of anilines is 1. The van der Waals surface area contributed by atoms with Gasteiger partial charge in [0.2, 0.25) is 5.88 Å². The fourth-order valence-corrected chi connectivity index (χ4v) is 8.76. The first-order chi connectivity index (χ1) is 22.9. The lowest BCUT2D eigenvalue weighted by Gasteiger charge is -2.50. The normalized spacial score (nSPS) is 22.5. The smallest absolute Gasteiger partial charge is 0.407 e. The summed E-state index contributed by atoms with van der Waals surface area (Å²) in [5.74, 6) is -3.52. The Hall–Kier alpha value is -4.34. The number of piperazine rings is 1. The minimum atomic E-state index is -4.78. The fraction of sp³-hybridized carbons (Fsp3) is 0.424. The van der Waals surface area contributed by atoms with Crippen LogP contribution in [0.4, 0.5) is 19.3 Å². The third-order valence-electron chi connectivity index (χ3n) is 9.64. The van der Waals surface area contributed by atoms with Gasteiger partial charge in [0.25, 0.3) is 15.9 Å². The average molecular weight is 686 g/mol. The summed E-state index contributed by atoms with van der Waals surface area (Å²) in [4.78, 5) is 37.8. The van der Waals surface area contributed by atoms with Crippen molar-refractivity contribution >= 4 is 27.7 Å². The number of likely N-dealkylation sites (tertiary alicyclic amines) is 1. The van der Waals surface area contributed by atoms with Gasteiger partial charge in [0.05, 0.1) is 30.3 Å². The van der Waals surface area contributed by atoms with Crippen molar-refractivity contribution in [2.24, 2.45) is 0 Å².